The quantitative estimate of drug-likeness (QED) is 0.668. The zero-order valence-corrected chi connectivity index (χ0v) is 11.7. The lowest BCUT2D eigenvalue weighted by Crippen LogP contribution is -2.18. The van der Waals surface area contributed by atoms with Gasteiger partial charge >= 0.3 is 0 Å². The second kappa shape index (κ2) is 5.50. The van der Waals surface area contributed by atoms with Gasteiger partial charge in [-0.3, -0.25) is 4.79 Å². The predicted octanol–water partition coefficient (Wildman–Crippen LogP) is 4.07. The first-order valence-corrected chi connectivity index (χ1v) is 6.83. The van der Waals surface area contributed by atoms with Crippen molar-refractivity contribution in [1.29, 1.82) is 0 Å². The summed E-state index contributed by atoms with van der Waals surface area (Å²) in [7, 11) is 0. The highest BCUT2D eigenvalue weighted by Gasteiger charge is 2.16. The summed E-state index contributed by atoms with van der Waals surface area (Å²) in [5, 5.41) is 5.40. The molecular weight excluding hydrogens is 268 g/mol. The van der Waals surface area contributed by atoms with Gasteiger partial charge in [0.15, 0.2) is 0 Å². The minimum atomic E-state index is -0.256. The minimum Gasteiger partial charge on any atom is -0.266 e. The molecule has 1 N–H and O–H groups in total. The average molecular weight is 281 g/mol. The first kappa shape index (κ1) is 13.1. The van der Waals surface area contributed by atoms with E-state index in [-0.39, 0.29) is 5.91 Å². The van der Waals surface area contributed by atoms with Crippen LogP contribution in [0.3, 0.4) is 0 Å². The molecule has 0 radical (unpaired) electrons. The van der Waals surface area contributed by atoms with Crippen LogP contribution in [0, 0.1) is 0 Å². The predicted molar refractivity (Wildman–Crippen MR) is 77.7 cm³/mol. The molecule has 0 saturated heterocycles. The lowest BCUT2D eigenvalue weighted by molar-refractivity contribution is 0.0959. The maximum Gasteiger partial charge on any atom is 0.283 e. The molecule has 2 rings (SSSR count). The number of hydrogen-bond donors (Lipinski definition) is 1. The van der Waals surface area contributed by atoms with E-state index in [1.54, 1.807) is 0 Å². The van der Waals surface area contributed by atoms with Crippen LogP contribution in [0.25, 0.3) is 10.1 Å². The topological polar surface area (TPSA) is 41.5 Å². The van der Waals surface area contributed by atoms with E-state index >= 15 is 0 Å². The summed E-state index contributed by atoms with van der Waals surface area (Å²) in [4.78, 5) is 12.5. The molecule has 3 nitrogen and oxygen atoms in total. The fourth-order valence-electron chi connectivity index (χ4n) is 1.44. The number of nitrogens with zero attached hydrogens (tertiary/aromatic N) is 1. The lowest BCUT2D eigenvalue weighted by Gasteiger charge is -1.99. The van der Waals surface area contributed by atoms with Gasteiger partial charge in [-0.05, 0) is 19.4 Å². The van der Waals surface area contributed by atoms with Gasteiger partial charge in [0.05, 0.1) is 5.02 Å². The number of amides is 1. The van der Waals surface area contributed by atoms with Crippen LogP contribution in [0.15, 0.2) is 29.4 Å². The van der Waals surface area contributed by atoms with Crippen molar-refractivity contribution in [1.82, 2.24) is 5.43 Å². The number of hydrogen-bond acceptors (Lipinski definition) is 3. The molecule has 0 aliphatic rings. The van der Waals surface area contributed by atoms with Crippen LogP contribution in [-0.4, -0.2) is 11.6 Å². The number of rotatable bonds is 3. The van der Waals surface area contributed by atoms with Gasteiger partial charge < -0.3 is 0 Å². The Morgan fingerprint density at radius 3 is 2.83 bits per heavy atom. The molecule has 0 fully saturated rings. The van der Waals surface area contributed by atoms with Gasteiger partial charge in [0, 0.05) is 15.8 Å². The van der Waals surface area contributed by atoms with Crippen LogP contribution in [0.2, 0.25) is 5.02 Å². The standard InChI is InChI=1S/C13H13ClN2OS/c1-3-8(2)15-16-13(17)12-11(14)9-6-4-5-7-10(9)18-12/h4-7H,3H2,1-2H3,(H,16,17)/b15-8+. The molecule has 94 valence electrons. The van der Waals surface area contributed by atoms with Gasteiger partial charge in [0.25, 0.3) is 5.91 Å². The molecule has 0 aliphatic heterocycles. The van der Waals surface area contributed by atoms with Gasteiger partial charge in [-0.1, -0.05) is 36.7 Å². The van der Waals surface area contributed by atoms with Gasteiger partial charge in [0.2, 0.25) is 0 Å². The lowest BCUT2D eigenvalue weighted by atomic mass is 10.2. The number of benzene rings is 1. The molecule has 1 heterocycles. The Balaban J connectivity index is 2.31. The maximum atomic E-state index is 12.0. The summed E-state index contributed by atoms with van der Waals surface area (Å²) in [6, 6.07) is 7.69. The highest BCUT2D eigenvalue weighted by atomic mass is 35.5. The van der Waals surface area contributed by atoms with Crippen molar-refractivity contribution in [2.75, 3.05) is 0 Å². The second-order valence-corrected chi connectivity index (χ2v) is 5.31. The molecule has 0 atom stereocenters. The average Bonchev–Trinajstić information content (AvgIpc) is 2.73. The zero-order valence-electron chi connectivity index (χ0n) is 10.2. The van der Waals surface area contributed by atoms with Crippen LogP contribution >= 0.6 is 22.9 Å². The Morgan fingerprint density at radius 2 is 2.17 bits per heavy atom. The Kier molecular flexibility index (Phi) is 3.99. The third-order valence-electron chi connectivity index (χ3n) is 2.60. The fourth-order valence-corrected chi connectivity index (χ4v) is 2.84. The molecule has 1 aromatic carbocycles. The number of thiophene rings is 1. The van der Waals surface area contributed by atoms with Gasteiger partial charge in [0.1, 0.15) is 4.88 Å². The van der Waals surface area contributed by atoms with Gasteiger partial charge in [-0.25, -0.2) is 5.43 Å². The van der Waals surface area contributed by atoms with Crippen LogP contribution in [0.4, 0.5) is 0 Å². The molecule has 0 aliphatic carbocycles. The number of carbonyl (C=O) groups excluding carboxylic acids is 1. The van der Waals surface area contributed by atoms with Crippen molar-refractivity contribution < 1.29 is 4.79 Å². The van der Waals surface area contributed by atoms with Crippen molar-refractivity contribution in [3.05, 3.63) is 34.2 Å². The molecule has 2 aromatic rings. The molecule has 0 saturated carbocycles. The Bertz CT molecular complexity index is 618. The van der Waals surface area contributed by atoms with Crippen LogP contribution in [-0.2, 0) is 0 Å². The van der Waals surface area contributed by atoms with Gasteiger partial charge in [-0.15, -0.1) is 11.3 Å². The number of carbonyl (C=O) groups is 1. The number of nitrogens with one attached hydrogen (secondary N) is 1. The van der Waals surface area contributed by atoms with Crippen molar-refractivity contribution in [3.63, 3.8) is 0 Å². The smallest absolute Gasteiger partial charge is 0.266 e. The summed E-state index contributed by atoms with van der Waals surface area (Å²) >= 11 is 7.58. The van der Waals surface area contributed by atoms with Crippen molar-refractivity contribution in [2.45, 2.75) is 20.3 Å². The Hall–Kier alpha value is -1.39. The third kappa shape index (κ3) is 2.54. The molecule has 0 bridgehead atoms. The first-order valence-electron chi connectivity index (χ1n) is 5.64. The fraction of sp³-hybridized carbons (Fsp3) is 0.231. The molecule has 18 heavy (non-hydrogen) atoms. The van der Waals surface area contributed by atoms with Crippen molar-refractivity contribution in [3.8, 4) is 0 Å². The number of hydrazone groups is 1. The third-order valence-corrected chi connectivity index (χ3v) is 4.28. The van der Waals surface area contributed by atoms with Crippen LogP contribution in [0.5, 0.6) is 0 Å². The normalized spacial score (nSPS) is 11.8. The van der Waals surface area contributed by atoms with Crippen LogP contribution < -0.4 is 5.43 Å². The van der Waals surface area contributed by atoms with E-state index in [4.69, 9.17) is 11.6 Å². The highest BCUT2D eigenvalue weighted by molar-refractivity contribution is 7.21. The summed E-state index contributed by atoms with van der Waals surface area (Å²) in [5.41, 5.74) is 3.40. The van der Waals surface area contributed by atoms with Crippen molar-refractivity contribution >= 4 is 44.6 Å². The molecular formula is C13H13ClN2OS. The highest BCUT2D eigenvalue weighted by Crippen LogP contribution is 2.34. The largest absolute Gasteiger partial charge is 0.283 e. The van der Waals surface area contributed by atoms with E-state index in [9.17, 15) is 4.79 Å². The Labute approximate surface area is 114 Å². The molecule has 1 amide bonds. The van der Waals surface area contributed by atoms with E-state index in [2.05, 4.69) is 10.5 Å². The Morgan fingerprint density at radius 1 is 1.44 bits per heavy atom. The molecule has 5 heteroatoms. The van der Waals surface area contributed by atoms with E-state index in [1.165, 1.54) is 11.3 Å². The summed E-state index contributed by atoms with van der Waals surface area (Å²) in [6.45, 7) is 3.85. The summed E-state index contributed by atoms with van der Waals surface area (Å²) < 4.78 is 1.00. The summed E-state index contributed by atoms with van der Waals surface area (Å²) in [6.07, 6.45) is 0.806. The maximum absolute atomic E-state index is 12.0. The second-order valence-electron chi connectivity index (χ2n) is 3.88. The number of fused-ring (bicyclic) bond motifs is 1. The SMILES string of the molecule is CC/C(C)=N/NC(=O)c1sc2ccccc2c1Cl. The monoisotopic (exact) mass is 280 g/mol. The number of halogens is 1. The van der Waals surface area contributed by atoms with Crippen LogP contribution in [0.1, 0.15) is 29.9 Å². The van der Waals surface area contributed by atoms with E-state index in [0.29, 0.717) is 9.90 Å². The van der Waals surface area contributed by atoms with Crippen molar-refractivity contribution in [2.24, 2.45) is 5.10 Å². The van der Waals surface area contributed by atoms with E-state index in [1.807, 2.05) is 38.1 Å². The molecule has 0 unspecified atom stereocenters. The molecule has 0 spiro atoms. The van der Waals surface area contributed by atoms with E-state index in [0.717, 1.165) is 22.2 Å². The zero-order chi connectivity index (χ0) is 13.1. The minimum absolute atomic E-state index is 0.256. The first-order chi connectivity index (χ1) is 8.63. The summed E-state index contributed by atoms with van der Waals surface area (Å²) in [5.74, 6) is -0.256. The molecule has 1 aromatic heterocycles. The van der Waals surface area contributed by atoms with Gasteiger partial charge in [-0.2, -0.15) is 5.10 Å². The van der Waals surface area contributed by atoms with E-state index < -0.39 is 0 Å².